The predicted molar refractivity (Wildman–Crippen MR) is 99.2 cm³/mol. The molecule has 0 radical (unpaired) electrons. The highest BCUT2D eigenvalue weighted by molar-refractivity contribution is 6.11. The maximum absolute atomic E-state index is 12.8. The first-order valence-electron chi connectivity index (χ1n) is 9.30. The number of ether oxygens (including phenoxy) is 1. The molecule has 1 N–H and O–H groups in total. The fraction of sp³-hybridized carbons (Fsp3) is 0.476. The molecule has 138 valence electrons. The summed E-state index contributed by atoms with van der Waals surface area (Å²) in [5.41, 5.74) is 2.65. The molecule has 3 rings (SSSR count). The van der Waals surface area contributed by atoms with Gasteiger partial charge in [-0.15, -0.1) is 0 Å². The smallest absolute Gasteiger partial charge is 0.336 e. The third-order valence-corrected chi connectivity index (χ3v) is 5.09. The third-order valence-electron chi connectivity index (χ3n) is 5.09. The van der Waals surface area contributed by atoms with E-state index >= 15 is 0 Å². The number of unbranched alkanes of at least 4 members (excludes halogenated alkanes) is 1. The molecule has 1 aromatic carbocycles. The van der Waals surface area contributed by atoms with Crippen LogP contribution < -0.4 is 0 Å². The summed E-state index contributed by atoms with van der Waals surface area (Å²) in [5, 5.41) is 9.92. The number of hydrogen-bond acceptors (Lipinski definition) is 5. The quantitative estimate of drug-likeness (QED) is 0.642. The van der Waals surface area contributed by atoms with Crippen LogP contribution in [0, 0.1) is 5.92 Å². The van der Waals surface area contributed by atoms with Crippen LogP contribution in [0.25, 0.3) is 0 Å². The molecule has 2 atom stereocenters. The molecule has 0 amide bonds. The number of allylic oxidation sites excluding steroid dienone is 1. The maximum Gasteiger partial charge on any atom is 0.336 e. The van der Waals surface area contributed by atoms with Gasteiger partial charge >= 0.3 is 5.97 Å². The fourth-order valence-corrected chi connectivity index (χ4v) is 3.85. The zero-order valence-electron chi connectivity index (χ0n) is 15.3. The fourth-order valence-electron chi connectivity index (χ4n) is 3.85. The summed E-state index contributed by atoms with van der Waals surface area (Å²) in [6.07, 6.45) is 3.79. The number of aromatic hydroxyl groups is 1. The molecule has 0 spiro atoms. The Bertz CT molecular complexity index is 778. The summed E-state index contributed by atoms with van der Waals surface area (Å²) in [6, 6.07) is 6.79. The average Bonchev–Trinajstić information content (AvgIpc) is 2.61. The van der Waals surface area contributed by atoms with Crippen LogP contribution in [-0.2, 0) is 14.3 Å². The standard InChI is InChI=1S/C21H25NO4/c1-3-4-11-26-21(25)18-13(2)22-16-9-6-10-17(24)20(16)19(18)14-7-5-8-15(23)12-14/h5,7-8,12,19-20,23H,3-4,6,9-11H2,1-2H3/t19-,20+/m1/s1. The highest BCUT2D eigenvalue weighted by atomic mass is 16.5. The molecule has 0 bridgehead atoms. The molecule has 26 heavy (non-hydrogen) atoms. The lowest BCUT2D eigenvalue weighted by atomic mass is 9.69. The Kier molecular flexibility index (Phi) is 5.55. The number of aliphatic imine (C=N–C) groups is 1. The number of carbonyl (C=O) groups excluding carboxylic acids is 2. The van der Waals surface area contributed by atoms with Crippen molar-refractivity contribution in [3.05, 3.63) is 41.1 Å². The minimum absolute atomic E-state index is 0.106. The summed E-state index contributed by atoms with van der Waals surface area (Å²) in [6.45, 7) is 4.19. The van der Waals surface area contributed by atoms with E-state index in [0.29, 0.717) is 24.3 Å². The first-order valence-corrected chi connectivity index (χ1v) is 9.30. The van der Waals surface area contributed by atoms with Crippen molar-refractivity contribution in [3.8, 4) is 5.75 Å². The highest BCUT2D eigenvalue weighted by Crippen LogP contribution is 2.43. The average molecular weight is 355 g/mol. The number of rotatable bonds is 5. The summed E-state index contributed by atoms with van der Waals surface area (Å²) in [4.78, 5) is 30.1. The summed E-state index contributed by atoms with van der Waals surface area (Å²) in [7, 11) is 0. The van der Waals surface area contributed by atoms with Crippen LogP contribution in [0.15, 0.2) is 40.5 Å². The van der Waals surface area contributed by atoms with Crippen LogP contribution in [0.2, 0.25) is 0 Å². The zero-order valence-corrected chi connectivity index (χ0v) is 15.3. The second kappa shape index (κ2) is 7.85. The van der Waals surface area contributed by atoms with Gasteiger partial charge < -0.3 is 9.84 Å². The van der Waals surface area contributed by atoms with Gasteiger partial charge in [0.05, 0.1) is 18.1 Å². The van der Waals surface area contributed by atoms with Crippen molar-refractivity contribution < 1.29 is 19.4 Å². The molecule has 5 heteroatoms. The van der Waals surface area contributed by atoms with Crippen molar-refractivity contribution in [1.29, 1.82) is 0 Å². The lowest BCUT2D eigenvalue weighted by Gasteiger charge is -2.35. The summed E-state index contributed by atoms with van der Waals surface area (Å²) >= 11 is 0. The van der Waals surface area contributed by atoms with E-state index in [9.17, 15) is 14.7 Å². The van der Waals surface area contributed by atoms with Crippen molar-refractivity contribution in [2.24, 2.45) is 10.9 Å². The van der Waals surface area contributed by atoms with E-state index in [1.807, 2.05) is 13.0 Å². The minimum atomic E-state index is -0.448. The summed E-state index contributed by atoms with van der Waals surface area (Å²) in [5.74, 6) is -1.08. The van der Waals surface area contributed by atoms with Gasteiger partial charge in [-0.2, -0.15) is 0 Å². The Balaban J connectivity index is 2.05. The second-order valence-corrected chi connectivity index (χ2v) is 6.96. The van der Waals surface area contributed by atoms with E-state index in [0.717, 1.165) is 37.0 Å². The number of Topliss-reactive ketones (excluding diaryl/α,β-unsaturated/α-hetero) is 1. The van der Waals surface area contributed by atoms with E-state index in [1.54, 1.807) is 25.1 Å². The second-order valence-electron chi connectivity index (χ2n) is 6.96. The molecule has 0 saturated heterocycles. The Morgan fingerprint density at radius 2 is 2.12 bits per heavy atom. The van der Waals surface area contributed by atoms with E-state index in [-0.39, 0.29) is 11.5 Å². The Morgan fingerprint density at radius 3 is 2.85 bits per heavy atom. The van der Waals surface area contributed by atoms with E-state index < -0.39 is 17.8 Å². The molecule has 1 heterocycles. The van der Waals surface area contributed by atoms with E-state index in [1.165, 1.54) is 0 Å². The van der Waals surface area contributed by atoms with Gasteiger partial charge in [0.1, 0.15) is 11.5 Å². The number of esters is 1. The number of phenolic OH excluding ortho intramolecular Hbond substituents is 1. The van der Waals surface area contributed by atoms with Crippen molar-refractivity contribution >= 4 is 17.5 Å². The first-order chi connectivity index (χ1) is 12.5. The van der Waals surface area contributed by atoms with E-state index in [4.69, 9.17) is 4.74 Å². The minimum Gasteiger partial charge on any atom is -0.508 e. The topological polar surface area (TPSA) is 76.0 Å². The molecule has 1 aromatic rings. The monoisotopic (exact) mass is 355 g/mol. The molecular weight excluding hydrogens is 330 g/mol. The zero-order chi connectivity index (χ0) is 18.7. The third kappa shape index (κ3) is 3.57. The van der Waals surface area contributed by atoms with Crippen LogP contribution >= 0.6 is 0 Å². The molecule has 1 saturated carbocycles. The van der Waals surface area contributed by atoms with Crippen LogP contribution in [0.3, 0.4) is 0 Å². The van der Waals surface area contributed by atoms with Crippen molar-refractivity contribution in [2.75, 3.05) is 6.61 Å². The number of ketones is 1. The molecule has 5 nitrogen and oxygen atoms in total. The lowest BCUT2D eigenvalue weighted by molar-refractivity contribution is -0.139. The molecular formula is C21H25NO4. The highest BCUT2D eigenvalue weighted by Gasteiger charge is 2.43. The van der Waals surface area contributed by atoms with Crippen LogP contribution in [-0.4, -0.2) is 29.2 Å². The number of fused-ring (bicyclic) bond motifs is 1. The number of benzene rings is 1. The van der Waals surface area contributed by atoms with Gasteiger partial charge in [-0.3, -0.25) is 9.79 Å². The predicted octanol–water partition coefficient (Wildman–Crippen LogP) is 3.92. The van der Waals surface area contributed by atoms with Crippen molar-refractivity contribution in [1.82, 2.24) is 0 Å². The molecule has 0 aromatic heterocycles. The largest absolute Gasteiger partial charge is 0.508 e. The number of carbonyl (C=O) groups is 2. The maximum atomic E-state index is 12.8. The Hall–Kier alpha value is -2.43. The van der Waals surface area contributed by atoms with E-state index in [2.05, 4.69) is 4.99 Å². The first kappa shape index (κ1) is 18.4. The SMILES string of the molecule is CCCCOC(=O)C1=C(C)N=C2CCCC(=O)[C@H]2[C@@H]1c1cccc(O)c1. The normalized spacial score (nSPS) is 22.7. The van der Waals surface area contributed by atoms with Crippen LogP contribution in [0.5, 0.6) is 5.75 Å². The van der Waals surface area contributed by atoms with Gasteiger partial charge in [0.15, 0.2) is 0 Å². The Labute approximate surface area is 153 Å². The summed E-state index contributed by atoms with van der Waals surface area (Å²) < 4.78 is 5.45. The van der Waals surface area contributed by atoms with Gasteiger partial charge in [-0.05, 0) is 43.9 Å². The van der Waals surface area contributed by atoms with Crippen LogP contribution in [0.4, 0.5) is 0 Å². The number of hydrogen-bond donors (Lipinski definition) is 1. The van der Waals surface area contributed by atoms with Crippen molar-refractivity contribution in [3.63, 3.8) is 0 Å². The molecule has 1 fully saturated rings. The van der Waals surface area contributed by atoms with Gasteiger partial charge in [-0.1, -0.05) is 25.5 Å². The molecule has 1 aliphatic heterocycles. The number of phenols is 1. The molecule has 0 unspecified atom stereocenters. The lowest BCUT2D eigenvalue weighted by Crippen LogP contribution is -2.39. The van der Waals surface area contributed by atoms with Crippen molar-refractivity contribution in [2.45, 2.75) is 51.9 Å². The van der Waals surface area contributed by atoms with Gasteiger partial charge in [0.2, 0.25) is 0 Å². The van der Waals surface area contributed by atoms with Crippen LogP contribution in [0.1, 0.15) is 57.4 Å². The molecule has 2 aliphatic rings. The number of nitrogens with zero attached hydrogens (tertiary/aromatic N) is 1. The van der Waals surface area contributed by atoms with Gasteiger partial charge in [-0.25, -0.2) is 4.79 Å². The van der Waals surface area contributed by atoms with Gasteiger partial charge in [0, 0.05) is 23.7 Å². The molecule has 1 aliphatic carbocycles. The van der Waals surface area contributed by atoms with Gasteiger partial charge in [0.25, 0.3) is 0 Å². The Morgan fingerprint density at radius 1 is 1.31 bits per heavy atom.